The number of aromatic nitrogens is 10. The minimum absolute atomic E-state index is 0.0989. The van der Waals surface area contributed by atoms with E-state index >= 15 is 0 Å². The second-order valence-electron chi connectivity index (χ2n) is 11.3. The van der Waals surface area contributed by atoms with Crippen LogP contribution in [-0.4, -0.2) is 75.2 Å². The Hall–Kier alpha value is -7.90. The second kappa shape index (κ2) is 14.4. The van der Waals surface area contributed by atoms with Crippen molar-refractivity contribution in [3.63, 3.8) is 0 Å². The van der Waals surface area contributed by atoms with Crippen molar-refractivity contribution < 1.29 is 19.1 Å². The first kappa shape index (κ1) is 34.5. The van der Waals surface area contributed by atoms with Crippen LogP contribution >= 0.6 is 0 Å². The lowest BCUT2D eigenvalue weighted by atomic mass is 10.3. The van der Waals surface area contributed by atoms with Crippen LogP contribution in [0.2, 0.25) is 0 Å². The second-order valence-corrected chi connectivity index (χ2v) is 11.3. The maximum Gasteiger partial charge on any atom is 0.343 e. The molecular formula is C34H30N16O4. The highest BCUT2D eigenvalue weighted by molar-refractivity contribution is 5.94. The van der Waals surface area contributed by atoms with Gasteiger partial charge in [0.15, 0.2) is 46.3 Å². The first-order valence-corrected chi connectivity index (χ1v) is 16.0. The molecule has 0 aliphatic carbocycles. The molecule has 7 rings (SSSR count). The average molecular weight is 727 g/mol. The molecule has 0 amide bonds. The van der Waals surface area contributed by atoms with Crippen molar-refractivity contribution in [2.75, 3.05) is 25.7 Å². The molecule has 0 fully saturated rings. The molecule has 0 saturated heterocycles. The smallest absolute Gasteiger partial charge is 0.343 e. The van der Waals surface area contributed by atoms with Crippen LogP contribution in [-0.2, 0) is 9.47 Å². The van der Waals surface area contributed by atoms with Crippen molar-refractivity contribution in [3.05, 3.63) is 108 Å². The van der Waals surface area contributed by atoms with E-state index in [1.807, 2.05) is 36.4 Å². The van der Waals surface area contributed by atoms with E-state index in [-0.39, 0.29) is 57.4 Å². The van der Waals surface area contributed by atoms with Gasteiger partial charge in [0.05, 0.1) is 49.4 Å². The summed E-state index contributed by atoms with van der Waals surface area (Å²) >= 11 is 0. The van der Waals surface area contributed by atoms with Crippen LogP contribution < -0.4 is 11.5 Å². The minimum Gasteiger partial charge on any atom is -0.465 e. The van der Waals surface area contributed by atoms with Crippen molar-refractivity contribution in [3.8, 4) is 23.0 Å². The number of carbonyl (C=O) groups is 2. The summed E-state index contributed by atoms with van der Waals surface area (Å²) < 4.78 is 15.5. The predicted molar refractivity (Wildman–Crippen MR) is 193 cm³/mol. The van der Waals surface area contributed by atoms with E-state index in [0.29, 0.717) is 22.8 Å². The molecule has 0 radical (unpaired) electrons. The third kappa shape index (κ3) is 6.29. The number of hydrogen-bond donors (Lipinski definition) is 2. The Morgan fingerprint density at radius 1 is 0.611 bits per heavy atom. The molecule has 0 saturated carbocycles. The monoisotopic (exact) mass is 726 g/mol. The number of rotatable bonds is 10. The van der Waals surface area contributed by atoms with E-state index in [4.69, 9.17) is 20.9 Å². The molecule has 2 aromatic carbocycles. The third-order valence-corrected chi connectivity index (χ3v) is 7.99. The number of para-hydroxylation sites is 2. The Balaban J connectivity index is 1.21. The van der Waals surface area contributed by atoms with Crippen LogP contribution in [0.5, 0.6) is 0 Å². The van der Waals surface area contributed by atoms with Gasteiger partial charge in [-0.2, -0.15) is 29.8 Å². The molecule has 0 aliphatic rings. The predicted octanol–water partition coefficient (Wildman–Crippen LogP) is 5.40. The summed E-state index contributed by atoms with van der Waals surface area (Å²) in [6.45, 7) is 3.39. The first-order chi connectivity index (χ1) is 26.2. The van der Waals surface area contributed by atoms with E-state index in [1.165, 1.54) is 51.7 Å². The van der Waals surface area contributed by atoms with Gasteiger partial charge in [0.2, 0.25) is 0 Å². The number of nitrogens with zero attached hydrogens (tertiary/aromatic N) is 14. The Bertz CT molecular complexity index is 2390. The lowest BCUT2D eigenvalue weighted by molar-refractivity contribution is 0.0592. The van der Waals surface area contributed by atoms with Crippen LogP contribution in [0.15, 0.2) is 106 Å². The Morgan fingerprint density at radius 2 is 1.02 bits per heavy atom. The Morgan fingerprint density at radius 3 is 1.41 bits per heavy atom. The molecule has 0 spiro atoms. The summed E-state index contributed by atoms with van der Waals surface area (Å²) in [5.41, 5.74) is 15.9. The number of ether oxygens (including phenoxy) is 2. The molecule has 270 valence electrons. The topological polar surface area (TPSA) is 251 Å². The molecule has 0 atom stereocenters. The Kier molecular flexibility index (Phi) is 9.20. The molecule has 20 heteroatoms. The summed E-state index contributed by atoms with van der Waals surface area (Å²) in [6.07, 6.45) is 4.00. The molecular weight excluding hydrogens is 696 g/mol. The summed E-state index contributed by atoms with van der Waals surface area (Å²) in [4.78, 5) is 33.8. The lowest BCUT2D eigenvalue weighted by Crippen LogP contribution is -2.09. The van der Waals surface area contributed by atoms with Gasteiger partial charge in [-0.3, -0.25) is 0 Å². The molecule has 7 aromatic rings. The SMILES string of the molecule is COC(=O)c1cnn(-c2ccccc2)c1N=Nc1c(C)nn(-c2cc(-n3nc(C)c(N=Nc4c(C(=O)OC)cnn4-c4ccccc4)c3N)ncn2)c1N. The number of nitrogen functional groups attached to an aromatic ring is 2. The number of benzene rings is 2. The minimum atomic E-state index is -0.637. The molecule has 5 heterocycles. The number of nitrogens with two attached hydrogens (primary N) is 2. The van der Waals surface area contributed by atoms with Crippen LogP contribution in [0, 0.1) is 13.8 Å². The highest BCUT2D eigenvalue weighted by Gasteiger charge is 2.23. The van der Waals surface area contributed by atoms with Crippen LogP contribution in [0.1, 0.15) is 32.1 Å². The fraction of sp³-hybridized carbons (Fsp3) is 0.118. The van der Waals surface area contributed by atoms with E-state index < -0.39 is 11.9 Å². The number of methoxy groups -OCH3 is 2. The number of hydrogen-bond acceptors (Lipinski definition) is 16. The van der Waals surface area contributed by atoms with Crippen LogP contribution in [0.4, 0.5) is 34.6 Å². The molecule has 4 N–H and O–H groups in total. The number of carbonyl (C=O) groups excluding carboxylic acids is 2. The largest absolute Gasteiger partial charge is 0.465 e. The zero-order chi connectivity index (χ0) is 37.9. The quantitative estimate of drug-likeness (QED) is 0.133. The molecule has 5 aromatic heterocycles. The van der Waals surface area contributed by atoms with Crippen molar-refractivity contribution in [2.24, 2.45) is 20.5 Å². The van der Waals surface area contributed by atoms with Crippen LogP contribution in [0.25, 0.3) is 23.0 Å². The lowest BCUT2D eigenvalue weighted by Gasteiger charge is -2.07. The van der Waals surface area contributed by atoms with Gasteiger partial charge in [0, 0.05) is 6.07 Å². The number of azo groups is 2. The van der Waals surface area contributed by atoms with Gasteiger partial charge < -0.3 is 20.9 Å². The van der Waals surface area contributed by atoms with E-state index in [2.05, 4.69) is 50.8 Å². The molecule has 54 heavy (non-hydrogen) atoms. The van der Waals surface area contributed by atoms with Crippen molar-refractivity contribution >= 4 is 46.6 Å². The van der Waals surface area contributed by atoms with Gasteiger partial charge in [-0.15, -0.1) is 20.5 Å². The van der Waals surface area contributed by atoms with Crippen molar-refractivity contribution in [1.82, 2.24) is 49.1 Å². The summed E-state index contributed by atoms with van der Waals surface area (Å²) in [6, 6.07) is 19.8. The fourth-order valence-electron chi connectivity index (χ4n) is 5.33. The first-order valence-electron chi connectivity index (χ1n) is 16.0. The zero-order valence-corrected chi connectivity index (χ0v) is 29.1. The normalized spacial score (nSPS) is 11.5. The molecule has 0 aliphatic heterocycles. The number of esters is 2. The molecule has 20 nitrogen and oxygen atoms in total. The van der Waals surface area contributed by atoms with Gasteiger partial charge >= 0.3 is 11.9 Å². The Labute approximate surface area is 305 Å². The number of anilines is 2. The van der Waals surface area contributed by atoms with Crippen molar-refractivity contribution in [1.29, 1.82) is 0 Å². The van der Waals surface area contributed by atoms with E-state index in [9.17, 15) is 9.59 Å². The summed E-state index contributed by atoms with van der Waals surface area (Å²) in [7, 11) is 2.53. The highest BCUT2D eigenvalue weighted by Crippen LogP contribution is 2.34. The van der Waals surface area contributed by atoms with Gasteiger partial charge in [0.1, 0.15) is 17.5 Å². The van der Waals surface area contributed by atoms with E-state index in [1.54, 1.807) is 44.2 Å². The fourth-order valence-corrected chi connectivity index (χ4v) is 5.33. The van der Waals surface area contributed by atoms with Gasteiger partial charge in [-0.1, -0.05) is 36.4 Å². The summed E-state index contributed by atoms with van der Waals surface area (Å²) in [5, 5.41) is 35.1. The maximum atomic E-state index is 12.5. The standard InChI is InChI=1S/C34H30N16O4/c1-19-27(41-43-31-23(33(51)53-3)16-39-47(31)21-11-7-5-8-12-21)29(35)49(45-19)25-15-26(38-18-37-25)50-30(36)28(20(2)46-50)42-44-32-24(34(52)54-4)17-40-48(32)22-13-9-6-10-14-22/h5-18H,35-36H2,1-4H3. The van der Waals surface area contributed by atoms with Gasteiger partial charge in [0.25, 0.3) is 0 Å². The molecule has 0 unspecified atom stereocenters. The average Bonchev–Trinajstić information content (AvgIpc) is 3.96. The number of aryl methyl sites for hydroxylation is 2. The van der Waals surface area contributed by atoms with E-state index in [0.717, 1.165) is 0 Å². The van der Waals surface area contributed by atoms with Gasteiger partial charge in [-0.25, -0.2) is 28.9 Å². The summed E-state index contributed by atoms with van der Waals surface area (Å²) in [5.74, 6) is -0.290. The van der Waals surface area contributed by atoms with Gasteiger partial charge in [-0.05, 0) is 38.1 Å². The highest BCUT2D eigenvalue weighted by atomic mass is 16.5. The maximum absolute atomic E-state index is 12.5. The zero-order valence-electron chi connectivity index (χ0n) is 29.1. The van der Waals surface area contributed by atoms with Crippen LogP contribution in [0.3, 0.4) is 0 Å². The third-order valence-electron chi connectivity index (χ3n) is 7.99. The molecule has 0 bridgehead atoms. The van der Waals surface area contributed by atoms with Crippen molar-refractivity contribution in [2.45, 2.75) is 13.8 Å².